The standard InChI is InChI=1S/C31H36N4O3S/c1-31(2,3)34-39(37,38)25-16-17-27-26(20-25)28(30(36)33-27)29(23-10-6-4-7-11-23)32-24-14-12-22(13-15-24)21-35-18-8-5-9-19-35/h4,6-7,10-17,20,33-34,36H,5,8-9,18-19,21H2,1-3H3. The second kappa shape index (κ2) is 11.0. The number of fused-ring (bicyclic) bond motifs is 1. The molecule has 1 aliphatic rings. The number of H-pyrrole nitrogens is 1. The van der Waals surface area contributed by atoms with Crippen LogP contribution in [0.4, 0.5) is 5.69 Å². The first-order chi connectivity index (χ1) is 18.6. The number of aliphatic imine (C=N–C) groups is 1. The number of sulfonamides is 1. The maximum atomic E-state index is 13.1. The second-order valence-electron chi connectivity index (χ2n) is 11.2. The minimum atomic E-state index is -3.77. The van der Waals surface area contributed by atoms with Crippen LogP contribution in [0.15, 0.2) is 82.7 Å². The number of hydrogen-bond donors (Lipinski definition) is 3. The topological polar surface area (TPSA) is 97.8 Å². The van der Waals surface area contributed by atoms with Crippen molar-refractivity contribution in [3.05, 3.63) is 89.5 Å². The van der Waals surface area contributed by atoms with Crippen LogP contribution in [0.25, 0.3) is 10.9 Å². The van der Waals surface area contributed by atoms with Crippen molar-refractivity contribution in [1.29, 1.82) is 0 Å². The lowest BCUT2D eigenvalue weighted by Gasteiger charge is -2.26. The molecule has 0 unspecified atom stereocenters. The third-order valence-electron chi connectivity index (χ3n) is 6.82. The molecule has 0 aliphatic carbocycles. The van der Waals surface area contributed by atoms with Gasteiger partial charge < -0.3 is 10.1 Å². The van der Waals surface area contributed by atoms with Crippen molar-refractivity contribution in [3.63, 3.8) is 0 Å². The molecule has 0 bridgehead atoms. The lowest BCUT2D eigenvalue weighted by atomic mass is 10.0. The van der Waals surface area contributed by atoms with Crippen molar-refractivity contribution < 1.29 is 13.5 Å². The summed E-state index contributed by atoms with van der Waals surface area (Å²) in [6.07, 6.45) is 3.83. The SMILES string of the molecule is CC(C)(C)NS(=O)(=O)c1ccc2[nH]c(O)c(C(=Nc3ccc(CN4CCCCC4)cc3)c3ccccc3)c2c1. The Bertz CT molecular complexity index is 1580. The van der Waals surface area contributed by atoms with E-state index in [1.165, 1.54) is 30.9 Å². The van der Waals surface area contributed by atoms with Gasteiger partial charge in [0.05, 0.1) is 21.9 Å². The van der Waals surface area contributed by atoms with E-state index in [0.29, 0.717) is 22.2 Å². The number of benzene rings is 3. The normalized spacial score (nSPS) is 15.6. The number of aromatic hydroxyl groups is 1. The molecule has 8 heteroatoms. The van der Waals surface area contributed by atoms with Gasteiger partial charge in [0.25, 0.3) is 0 Å². The molecule has 1 aromatic heterocycles. The smallest absolute Gasteiger partial charge is 0.241 e. The van der Waals surface area contributed by atoms with Crippen LogP contribution in [-0.4, -0.2) is 47.7 Å². The van der Waals surface area contributed by atoms with E-state index < -0.39 is 15.6 Å². The van der Waals surface area contributed by atoms with E-state index in [-0.39, 0.29) is 10.8 Å². The Hall–Kier alpha value is -3.46. The molecule has 1 fully saturated rings. The Labute approximate surface area is 230 Å². The highest BCUT2D eigenvalue weighted by Gasteiger charge is 2.25. The molecule has 3 N–H and O–H groups in total. The molecule has 0 spiro atoms. The fraction of sp³-hybridized carbons (Fsp3) is 0.323. The molecule has 7 nitrogen and oxygen atoms in total. The van der Waals surface area contributed by atoms with Crippen LogP contribution in [-0.2, 0) is 16.6 Å². The molecular formula is C31H36N4O3S. The molecule has 0 radical (unpaired) electrons. The van der Waals surface area contributed by atoms with Gasteiger partial charge in [0, 0.05) is 28.6 Å². The van der Waals surface area contributed by atoms with Gasteiger partial charge in [-0.05, 0) is 82.6 Å². The van der Waals surface area contributed by atoms with Crippen molar-refractivity contribution in [3.8, 4) is 5.88 Å². The largest absolute Gasteiger partial charge is 0.494 e. The Balaban J connectivity index is 1.57. The van der Waals surface area contributed by atoms with Gasteiger partial charge in [0.15, 0.2) is 5.88 Å². The van der Waals surface area contributed by atoms with Gasteiger partial charge in [-0.2, -0.15) is 0 Å². The molecule has 39 heavy (non-hydrogen) atoms. The zero-order chi connectivity index (χ0) is 27.6. The van der Waals surface area contributed by atoms with Gasteiger partial charge in [0.1, 0.15) is 0 Å². The maximum Gasteiger partial charge on any atom is 0.241 e. The number of aromatic nitrogens is 1. The number of hydrogen-bond acceptors (Lipinski definition) is 5. The van der Waals surface area contributed by atoms with Crippen molar-refractivity contribution >= 4 is 32.3 Å². The highest BCUT2D eigenvalue weighted by molar-refractivity contribution is 7.89. The molecule has 1 aliphatic heterocycles. The first kappa shape index (κ1) is 27.1. The number of likely N-dealkylation sites (tertiary alicyclic amines) is 1. The lowest BCUT2D eigenvalue weighted by Crippen LogP contribution is -2.40. The van der Waals surface area contributed by atoms with Crippen LogP contribution in [0.2, 0.25) is 0 Å². The van der Waals surface area contributed by atoms with Crippen molar-refractivity contribution in [2.24, 2.45) is 4.99 Å². The monoisotopic (exact) mass is 544 g/mol. The molecule has 1 saturated heterocycles. The second-order valence-corrected chi connectivity index (χ2v) is 12.9. The molecule has 3 aromatic carbocycles. The predicted octanol–water partition coefficient (Wildman–Crippen LogP) is 6.11. The minimum absolute atomic E-state index is 0.0624. The van der Waals surface area contributed by atoms with Crippen molar-refractivity contribution in [1.82, 2.24) is 14.6 Å². The van der Waals surface area contributed by atoms with Crippen LogP contribution in [0.3, 0.4) is 0 Å². The zero-order valence-electron chi connectivity index (χ0n) is 22.7. The first-order valence-corrected chi connectivity index (χ1v) is 14.9. The van der Waals surface area contributed by atoms with E-state index in [1.54, 1.807) is 32.9 Å². The highest BCUT2D eigenvalue weighted by Crippen LogP contribution is 2.33. The predicted molar refractivity (Wildman–Crippen MR) is 157 cm³/mol. The Morgan fingerprint density at radius 2 is 1.67 bits per heavy atom. The maximum absolute atomic E-state index is 13.1. The minimum Gasteiger partial charge on any atom is -0.494 e. The van der Waals surface area contributed by atoms with Gasteiger partial charge in [-0.1, -0.05) is 48.9 Å². The summed E-state index contributed by atoms with van der Waals surface area (Å²) in [5, 5.41) is 11.6. The summed E-state index contributed by atoms with van der Waals surface area (Å²) in [6.45, 7) is 8.61. The van der Waals surface area contributed by atoms with Gasteiger partial charge in [-0.25, -0.2) is 18.1 Å². The van der Waals surface area contributed by atoms with Crippen LogP contribution >= 0.6 is 0 Å². The summed E-state index contributed by atoms with van der Waals surface area (Å²) in [4.78, 5) is 10.6. The number of nitrogens with one attached hydrogen (secondary N) is 2. The quantitative estimate of drug-likeness (QED) is 0.245. The summed E-state index contributed by atoms with van der Waals surface area (Å²) in [6, 6.07) is 22.6. The van der Waals surface area contributed by atoms with Crippen LogP contribution in [0, 0.1) is 0 Å². The van der Waals surface area contributed by atoms with E-state index in [2.05, 4.69) is 26.7 Å². The van der Waals surface area contributed by atoms with E-state index in [4.69, 9.17) is 4.99 Å². The molecule has 4 aromatic rings. The third kappa shape index (κ3) is 6.41. The van der Waals surface area contributed by atoms with Crippen LogP contribution in [0.1, 0.15) is 56.7 Å². The molecule has 2 heterocycles. The molecular weight excluding hydrogens is 508 g/mol. The fourth-order valence-corrected chi connectivity index (χ4v) is 6.51. The van der Waals surface area contributed by atoms with E-state index in [0.717, 1.165) is 30.9 Å². The molecule has 0 saturated carbocycles. The Morgan fingerprint density at radius 3 is 2.33 bits per heavy atom. The summed E-state index contributed by atoms with van der Waals surface area (Å²) in [5.74, 6) is -0.0624. The van der Waals surface area contributed by atoms with Gasteiger partial charge in [-0.3, -0.25) is 4.90 Å². The molecule has 5 rings (SSSR count). The Morgan fingerprint density at radius 1 is 0.974 bits per heavy atom. The van der Waals surface area contributed by atoms with E-state index in [1.807, 2.05) is 42.5 Å². The average molecular weight is 545 g/mol. The van der Waals surface area contributed by atoms with Gasteiger partial charge in [-0.15, -0.1) is 0 Å². The summed E-state index contributed by atoms with van der Waals surface area (Å²) >= 11 is 0. The summed E-state index contributed by atoms with van der Waals surface area (Å²) < 4.78 is 28.9. The summed E-state index contributed by atoms with van der Waals surface area (Å²) in [5.41, 5.74) is 3.82. The average Bonchev–Trinajstić information content (AvgIpc) is 3.23. The molecule has 0 amide bonds. The van der Waals surface area contributed by atoms with Gasteiger partial charge >= 0.3 is 0 Å². The Kier molecular flexibility index (Phi) is 7.62. The molecule has 204 valence electrons. The van der Waals surface area contributed by atoms with E-state index >= 15 is 0 Å². The number of piperidine rings is 1. The molecule has 0 atom stereocenters. The number of rotatable bonds is 7. The van der Waals surface area contributed by atoms with Crippen LogP contribution < -0.4 is 4.72 Å². The van der Waals surface area contributed by atoms with E-state index in [9.17, 15) is 13.5 Å². The van der Waals surface area contributed by atoms with Crippen molar-refractivity contribution in [2.45, 2.75) is 57.0 Å². The van der Waals surface area contributed by atoms with Crippen LogP contribution in [0.5, 0.6) is 5.88 Å². The third-order valence-corrected chi connectivity index (χ3v) is 8.57. The highest BCUT2D eigenvalue weighted by atomic mass is 32.2. The van der Waals surface area contributed by atoms with Gasteiger partial charge in [0.2, 0.25) is 10.0 Å². The summed E-state index contributed by atoms with van der Waals surface area (Å²) in [7, 11) is -3.77. The number of aromatic amines is 1. The van der Waals surface area contributed by atoms with Crippen molar-refractivity contribution in [2.75, 3.05) is 13.1 Å². The fourth-order valence-electron chi connectivity index (χ4n) is 5.07. The first-order valence-electron chi connectivity index (χ1n) is 13.4. The zero-order valence-corrected chi connectivity index (χ0v) is 23.6. The lowest BCUT2D eigenvalue weighted by molar-refractivity contribution is 0.221. The number of nitrogens with zero attached hydrogens (tertiary/aromatic N) is 2.